The topological polar surface area (TPSA) is 66.4 Å². The van der Waals surface area contributed by atoms with Crippen LogP contribution >= 0.6 is 11.6 Å². The third kappa shape index (κ3) is 4.05. The summed E-state index contributed by atoms with van der Waals surface area (Å²) in [6, 6.07) is 7.93. The maximum atomic E-state index is 12.9. The average Bonchev–Trinajstić information content (AvgIpc) is 2.41. The van der Waals surface area contributed by atoms with Crippen LogP contribution in [0.25, 0.3) is 0 Å². The molecule has 1 unspecified atom stereocenters. The van der Waals surface area contributed by atoms with Gasteiger partial charge < -0.3 is 10.4 Å². The highest BCUT2D eigenvalue weighted by molar-refractivity contribution is 7.83. The number of carbonyl (C=O) groups is 1. The first-order valence-corrected chi connectivity index (χ1v) is 8.35. The van der Waals surface area contributed by atoms with Gasteiger partial charge in [0.1, 0.15) is 11.6 Å². The molecule has 0 aliphatic carbocycles. The van der Waals surface area contributed by atoms with Gasteiger partial charge in [0.2, 0.25) is 0 Å². The molecule has 2 aromatic carbocycles. The van der Waals surface area contributed by atoms with Gasteiger partial charge in [0.25, 0.3) is 5.91 Å². The molecule has 0 fully saturated rings. The standard InChI is InChI=1S/C15H13ClFNO3S/c1-22(21)8-9-6-11(3-5-13(9)16)18-15(20)12-4-2-10(17)7-14(12)19/h2-7,19H,8H2,1H3,(H,18,20). The molecule has 2 aromatic rings. The second kappa shape index (κ2) is 6.89. The fourth-order valence-electron chi connectivity index (χ4n) is 1.88. The van der Waals surface area contributed by atoms with E-state index in [1.165, 1.54) is 6.07 Å². The van der Waals surface area contributed by atoms with Crippen molar-refractivity contribution in [3.63, 3.8) is 0 Å². The fraction of sp³-hybridized carbons (Fsp3) is 0.133. The molecule has 4 nitrogen and oxygen atoms in total. The Morgan fingerprint density at radius 3 is 2.68 bits per heavy atom. The van der Waals surface area contributed by atoms with Crippen LogP contribution in [0, 0.1) is 5.82 Å². The molecule has 116 valence electrons. The number of halogens is 2. The van der Waals surface area contributed by atoms with Crippen molar-refractivity contribution in [2.24, 2.45) is 0 Å². The van der Waals surface area contributed by atoms with E-state index in [1.807, 2.05) is 0 Å². The lowest BCUT2D eigenvalue weighted by Crippen LogP contribution is -2.12. The van der Waals surface area contributed by atoms with Crippen molar-refractivity contribution in [3.05, 3.63) is 58.4 Å². The van der Waals surface area contributed by atoms with Crippen LogP contribution in [0.15, 0.2) is 36.4 Å². The van der Waals surface area contributed by atoms with Crippen LogP contribution in [-0.4, -0.2) is 21.5 Å². The number of rotatable bonds is 4. The van der Waals surface area contributed by atoms with Gasteiger partial charge in [0, 0.05) is 39.6 Å². The summed E-state index contributed by atoms with van der Waals surface area (Å²) in [5.41, 5.74) is 1.04. The van der Waals surface area contributed by atoms with E-state index in [0.29, 0.717) is 16.3 Å². The number of benzene rings is 2. The smallest absolute Gasteiger partial charge is 0.259 e. The van der Waals surface area contributed by atoms with Crippen molar-refractivity contribution in [2.75, 3.05) is 11.6 Å². The minimum atomic E-state index is -1.07. The summed E-state index contributed by atoms with van der Waals surface area (Å²) in [6.45, 7) is 0. The number of hydrogen-bond acceptors (Lipinski definition) is 3. The molecule has 0 bridgehead atoms. The van der Waals surface area contributed by atoms with Gasteiger partial charge in [-0.3, -0.25) is 9.00 Å². The largest absolute Gasteiger partial charge is 0.507 e. The summed E-state index contributed by atoms with van der Waals surface area (Å²) in [7, 11) is -1.07. The van der Waals surface area contributed by atoms with Crippen LogP contribution in [0.3, 0.4) is 0 Å². The lowest BCUT2D eigenvalue weighted by Gasteiger charge is -2.09. The molecule has 0 heterocycles. The van der Waals surface area contributed by atoms with E-state index in [1.54, 1.807) is 24.5 Å². The summed E-state index contributed by atoms with van der Waals surface area (Å²) < 4.78 is 24.2. The van der Waals surface area contributed by atoms with Crippen molar-refractivity contribution in [2.45, 2.75) is 5.75 Å². The zero-order chi connectivity index (χ0) is 16.3. The van der Waals surface area contributed by atoms with Gasteiger partial charge in [0.05, 0.1) is 5.56 Å². The van der Waals surface area contributed by atoms with Crippen molar-refractivity contribution in [1.29, 1.82) is 0 Å². The normalized spacial score (nSPS) is 12.0. The first kappa shape index (κ1) is 16.5. The highest BCUT2D eigenvalue weighted by Gasteiger charge is 2.13. The number of hydrogen-bond donors (Lipinski definition) is 2. The lowest BCUT2D eigenvalue weighted by atomic mass is 10.1. The van der Waals surface area contributed by atoms with E-state index in [9.17, 15) is 18.5 Å². The van der Waals surface area contributed by atoms with Crippen LogP contribution in [0.1, 0.15) is 15.9 Å². The van der Waals surface area contributed by atoms with Crippen LogP contribution in [0.2, 0.25) is 5.02 Å². The molecular formula is C15H13ClFNO3S. The average molecular weight is 342 g/mol. The lowest BCUT2D eigenvalue weighted by molar-refractivity contribution is 0.102. The Hall–Kier alpha value is -1.92. The van der Waals surface area contributed by atoms with Crippen molar-refractivity contribution < 1.29 is 18.5 Å². The number of phenols is 1. The summed E-state index contributed by atoms with van der Waals surface area (Å²) in [6.07, 6.45) is 1.55. The molecule has 0 aliphatic rings. The van der Waals surface area contributed by atoms with Gasteiger partial charge in [-0.2, -0.15) is 0 Å². The SMILES string of the molecule is CS(=O)Cc1cc(NC(=O)c2ccc(F)cc2O)ccc1Cl. The molecule has 2 N–H and O–H groups in total. The Bertz CT molecular complexity index is 752. The van der Waals surface area contributed by atoms with Gasteiger partial charge >= 0.3 is 0 Å². The Morgan fingerprint density at radius 1 is 1.32 bits per heavy atom. The highest BCUT2D eigenvalue weighted by atomic mass is 35.5. The number of aromatic hydroxyl groups is 1. The monoisotopic (exact) mass is 341 g/mol. The zero-order valence-electron chi connectivity index (χ0n) is 11.6. The van der Waals surface area contributed by atoms with Gasteiger partial charge in [0.15, 0.2) is 0 Å². The van der Waals surface area contributed by atoms with E-state index < -0.39 is 28.3 Å². The summed E-state index contributed by atoms with van der Waals surface area (Å²) >= 11 is 6.01. The van der Waals surface area contributed by atoms with Crippen LogP contribution < -0.4 is 5.32 Å². The maximum Gasteiger partial charge on any atom is 0.259 e. The molecule has 2 rings (SSSR count). The number of nitrogens with one attached hydrogen (secondary N) is 1. The number of amides is 1. The van der Waals surface area contributed by atoms with Crippen LogP contribution in [-0.2, 0) is 16.6 Å². The Balaban J connectivity index is 2.23. The Kier molecular flexibility index (Phi) is 5.15. The van der Waals surface area contributed by atoms with Crippen molar-refractivity contribution in [3.8, 4) is 5.75 Å². The number of phenolic OH excluding ortho intramolecular Hbond substituents is 1. The molecule has 7 heteroatoms. The molecule has 0 saturated carbocycles. The fourth-order valence-corrected chi connectivity index (χ4v) is 2.82. The summed E-state index contributed by atoms with van der Waals surface area (Å²) in [5, 5.41) is 12.6. The molecule has 1 atom stereocenters. The van der Waals surface area contributed by atoms with E-state index >= 15 is 0 Å². The zero-order valence-corrected chi connectivity index (χ0v) is 13.2. The van der Waals surface area contributed by atoms with Crippen molar-refractivity contribution >= 4 is 34.0 Å². The first-order chi connectivity index (χ1) is 10.4. The third-order valence-electron chi connectivity index (χ3n) is 2.87. The molecular weight excluding hydrogens is 329 g/mol. The van der Waals surface area contributed by atoms with Gasteiger partial charge in [-0.1, -0.05) is 11.6 Å². The Morgan fingerprint density at radius 2 is 2.05 bits per heavy atom. The maximum absolute atomic E-state index is 12.9. The van der Waals surface area contributed by atoms with Crippen LogP contribution in [0.4, 0.5) is 10.1 Å². The third-order valence-corrected chi connectivity index (χ3v) is 3.95. The van der Waals surface area contributed by atoms with E-state index in [0.717, 1.165) is 12.1 Å². The molecule has 0 radical (unpaired) electrons. The second-order valence-electron chi connectivity index (χ2n) is 4.64. The highest BCUT2D eigenvalue weighted by Crippen LogP contribution is 2.24. The molecule has 0 aromatic heterocycles. The molecule has 0 spiro atoms. The van der Waals surface area contributed by atoms with E-state index in [4.69, 9.17) is 11.6 Å². The second-order valence-corrected chi connectivity index (χ2v) is 6.48. The predicted octanol–water partition coefficient (Wildman–Crippen LogP) is 3.32. The quantitative estimate of drug-likeness (QED) is 0.896. The van der Waals surface area contributed by atoms with E-state index in [-0.39, 0.29) is 11.3 Å². The molecule has 0 saturated heterocycles. The summed E-state index contributed by atoms with van der Waals surface area (Å²) in [4.78, 5) is 12.1. The number of carbonyl (C=O) groups excluding carboxylic acids is 1. The van der Waals surface area contributed by atoms with Crippen molar-refractivity contribution in [1.82, 2.24) is 0 Å². The van der Waals surface area contributed by atoms with Gasteiger partial charge in [-0.25, -0.2) is 4.39 Å². The summed E-state index contributed by atoms with van der Waals surface area (Å²) in [5.74, 6) is -1.39. The minimum absolute atomic E-state index is 0.0445. The van der Waals surface area contributed by atoms with Gasteiger partial charge in [-0.15, -0.1) is 0 Å². The van der Waals surface area contributed by atoms with Crippen LogP contribution in [0.5, 0.6) is 5.75 Å². The Labute approximate surface area is 134 Å². The minimum Gasteiger partial charge on any atom is -0.507 e. The first-order valence-electron chi connectivity index (χ1n) is 6.25. The molecule has 1 amide bonds. The van der Waals surface area contributed by atoms with Gasteiger partial charge in [-0.05, 0) is 35.9 Å². The molecule has 0 aliphatic heterocycles. The molecule has 22 heavy (non-hydrogen) atoms. The number of anilines is 1. The predicted molar refractivity (Wildman–Crippen MR) is 85.2 cm³/mol. The van der Waals surface area contributed by atoms with E-state index in [2.05, 4.69) is 5.32 Å².